The molecular weight excluding hydrogens is 933 g/mol. The molecule has 0 unspecified atom stereocenters. The second kappa shape index (κ2) is 23.7. The van der Waals surface area contributed by atoms with Crippen molar-refractivity contribution < 1.29 is 18.3 Å². The van der Waals surface area contributed by atoms with E-state index in [1.165, 1.54) is 0 Å². The van der Waals surface area contributed by atoms with Crippen LogP contribution in [0.4, 0.5) is 0 Å². The van der Waals surface area contributed by atoms with Crippen molar-refractivity contribution in [2.75, 3.05) is 24.6 Å². The van der Waals surface area contributed by atoms with Gasteiger partial charge in [-0.15, -0.1) is 0 Å². The Morgan fingerprint density at radius 1 is 0.286 bits per heavy atom. The fraction of sp³-hybridized carbons (Fsp3) is 0.226. The Morgan fingerprint density at radius 3 is 0.614 bits per heavy atom. The van der Waals surface area contributed by atoms with E-state index in [0.717, 1.165) is 68.1 Å². The quantitative estimate of drug-likeness (QED) is 0.0714. The smallest absolute Gasteiger partial charge is 0.143 e. The first kappa shape index (κ1) is 52.5. The van der Waals surface area contributed by atoms with Gasteiger partial charge < -0.3 is 18.3 Å². The lowest BCUT2D eigenvalue weighted by molar-refractivity contribution is 0.343. The Balaban J connectivity index is 0.000000206. The van der Waals surface area contributed by atoms with Gasteiger partial charge in [0.2, 0.25) is 0 Å². The van der Waals surface area contributed by atoms with Gasteiger partial charge in [-0.25, -0.2) is 0 Å². The Hall–Kier alpha value is -5.32. The zero-order valence-corrected chi connectivity index (χ0v) is 44.8. The van der Waals surface area contributed by atoms with Crippen LogP contribution in [0.5, 0.6) is 0 Å². The summed E-state index contributed by atoms with van der Waals surface area (Å²) in [6.07, 6.45) is 5.32. The average Bonchev–Trinajstić information content (AvgIpc) is 3.42. The summed E-state index contributed by atoms with van der Waals surface area (Å²) in [6, 6.07) is 78.8. The minimum Gasteiger partial charge on any atom is -0.314 e. The van der Waals surface area contributed by atoms with Gasteiger partial charge in [-0.05, 0) is 30.1 Å². The second-order valence-corrected chi connectivity index (χ2v) is 30.4. The largest absolute Gasteiger partial charge is 0.314 e. The van der Waals surface area contributed by atoms with Crippen molar-refractivity contribution in [1.82, 2.24) is 0 Å². The normalized spacial score (nSPS) is 12.4. The molecule has 0 spiro atoms. The highest BCUT2D eigenvalue weighted by Gasteiger charge is 2.45. The molecule has 0 saturated carbocycles. The number of benzene rings is 8. The maximum Gasteiger partial charge on any atom is 0.143 e. The molecule has 0 N–H and O–H groups in total. The predicted molar refractivity (Wildman–Crippen MR) is 305 cm³/mol. The first-order valence-corrected chi connectivity index (χ1v) is 32.2. The summed E-state index contributed by atoms with van der Waals surface area (Å²) in [4.78, 5) is 0. The van der Waals surface area contributed by atoms with Crippen LogP contribution < -0.4 is 42.4 Å². The van der Waals surface area contributed by atoms with Crippen LogP contribution in [0.3, 0.4) is 0 Å². The standard InChI is InChI=1S/2C31H34O2P2/c1-3-24-31(2,25-34(32,27-16-8-4-9-17-27)28-18-10-5-11-19-28)26-35(33,29-20-12-6-13-21-29)30-22-14-7-15-23-30;1-3-31(4-2,25-34(32,27-17-9-5-10-18-27)28-19-11-6-12-20-28)26-35(33,29-21-13-7-14-22-29)30-23-15-8-16-24-30/h4-23H,3,24-26H2,1-2H3;5-24H,3-4,25-26H2,1-2H3. The fourth-order valence-electron chi connectivity index (χ4n) is 10.3. The third-order valence-corrected chi connectivity index (χ3v) is 27.8. The summed E-state index contributed by atoms with van der Waals surface area (Å²) in [5.41, 5.74) is -0.750. The third-order valence-electron chi connectivity index (χ3n) is 14.1. The molecule has 0 fully saturated rings. The molecule has 0 aliphatic carbocycles. The summed E-state index contributed by atoms with van der Waals surface area (Å²) in [6.45, 7) is 8.66. The molecule has 0 radical (unpaired) electrons. The van der Waals surface area contributed by atoms with Crippen molar-refractivity contribution in [3.05, 3.63) is 243 Å². The van der Waals surface area contributed by atoms with Crippen LogP contribution in [-0.2, 0) is 18.3 Å². The predicted octanol–water partition coefficient (Wildman–Crippen LogP) is 13.6. The zero-order chi connectivity index (χ0) is 49.6. The average molecular weight is 1000 g/mol. The van der Waals surface area contributed by atoms with Crippen LogP contribution in [0, 0.1) is 10.8 Å². The summed E-state index contributed by atoms with van der Waals surface area (Å²) in [5, 5.41) is 6.92. The molecule has 360 valence electrons. The molecule has 70 heavy (non-hydrogen) atoms. The van der Waals surface area contributed by atoms with Crippen molar-refractivity contribution in [3.8, 4) is 0 Å². The highest BCUT2D eigenvalue weighted by molar-refractivity contribution is 7.80. The molecule has 0 saturated heterocycles. The van der Waals surface area contributed by atoms with Gasteiger partial charge in [0.05, 0.1) is 0 Å². The molecule has 0 amide bonds. The lowest BCUT2D eigenvalue weighted by Gasteiger charge is -2.38. The van der Waals surface area contributed by atoms with E-state index in [1.807, 2.05) is 243 Å². The molecule has 0 aliphatic rings. The molecule has 4 nitrogen and oxygen atoms in total. The number of hydrogen-bond donors (Lipinski definition) is 0. The highest BCUT2D eigenvalue weighted by atomic mass is 31.2. The van der Waals surface area contributed by atoms with E-state index >= 15 is 9.13 Å². The van der Waals surface area contributed by atoms with Gasteiger partial charge in [0.1, 0.15) is 28.6 Å². The molecular formula is C62H68O4P4. The molecule has 0 heterocycles. The van der Waals surface area contributed by atoms with Crippen LogP contribution in [0.2, 0.25) is 0 Å². The zero-order valence-electron chi connectivity index (χ0n) is 41.2. The van der Waals surface area contributed by atoms with E-state index in [9.17, 15) is 9.13 Å². The SMILES string of the molecule is CCC(CC)(CP(=O)(c1ccccc1)c1ccccc1)CP(=O)(c1ccccc1)c1ccccc1.CCCC(C)(CP(=O)(c1ccccc1)c1ccccc1)CP(=O)(c1ccccc1)c1ccccc1. The lowest BCUT2D eigenvalue weighted by Crippen LogP contribution is -2.36. The Morgan fingerprint density at radius 2 is 0.457 bits per heavy atom. The number of rotatable bonds is 20. The van der Waals surface area contributed by atoms with Gasteiger partial charge in [-0.3, -0.25) is 0 Å². The van der Waals surface area contributed by atoms with Gasteiger partial charge in [0, 0.05) is 67.1 Å². The maximum absolute atomic E-state index is 15.0. The first-order chi connectivity index (χ1) is 33.9. The fourth-order valence-corrected chi connectivity index (χ4v) is 24.2. The molecule has 0 bridgehead atoms. The van der Waals surface area contributed by atoms with Crippen LogP contribution in [0.1, 0.15) is 53.4 Å². The molecule has 0 atom stereocenters. The minimum atomic E-state index is -2.97. The van der Waals surface area contributed by atoms with E-state index in [4.69, 9.17) is 0 Å². The number of hydrogen-bond acceptors (Lipinski definition) is 4. The van der Waals surface area contributed by atoms with Gasteiger partial charge in [-0.2, -0.15) is 0 Å². The van der Waals surface area contributed by atoms with Crippen LogP contribution in [0.25, 0.3) is 0 Å². The third kappa shape index (κ3) is 12.0. The molecule has 0 aliphatic heterocycles. The highest BCUT2D eigenvalue weighted by Crippen LogP contribution is 2.58. The summed E-state index contributed by atoms with van der Waals surface area (Å²) >= 11 is 0. The van der Waals surface area contributed by atoms with Gasteiger partial charge in [-0.1, -0.05) is 277 Å². The molecule has 0 aromatic heterocycles. The molecule has 8 aromatic rings. The van der Waals surface area contributed by atoms with Crippen molar-refractivity contribution in [2.45, 2.75) is 53.4 Å². The van der Waals surface area contributed by atoms with Crippen molar-refractivity contribution in [1.29, 1.82) is 0 Å². The minimum absolute atomic E-state index is 0.359. The van der Waals surface area contributed by atoms with Gasteiger partial charge in [0.25, 0.3) is 0 Å². The summed E-state index contributed by atoms with van der Waals surface area (Å²) in [7, 11) is -11.9. The molecule has 8 aromatic carbocycles. The maximum atomic E-state index is 15.0. The van der Waals surface area contributed by atoms with Crippen molar-refractivity contribution in [2.24, 2.45) is 10.8 Å². The Kier molecular flexibility index (Phi) is 17.8. The topological polar surface area (TPSA) is 68.3 Å². The Bertz CT molecular complexity index is 2650. The van der Waals surface area contributed by atoms with Gasteiger partial charge >= 0.3 is 0 Å². The van der Waals surface area contributed by atoms with Crippen LogP contribution >= 0.6 is 28.6 Å². The Labute approximate surface area is 418 Å². The summed E-state index contributed by atoms with van der Waals surface area (Å²) < 4.78 is 60.0. The van der Waals surface area contributed by atoms with Gasteiger partial charge in [0.15, 0.2) is 0 Å². The molecule has 8 rings (SSSR count). The van der Waals surface area contributed by atoms with Crippen LogP contribution in [0.15, 0.2) is 243 Å². The second-order valence-electron chi connectivity index (χ2n) is 19.0. The van der Waals surface area contributed by atoms with Crippen molar-refractivity contribution in [3.63, 3.8) is 0 Å². The van der Waals surface area contributed by atoms with E-state index in [2.05, 4.69) is 27.7 Å². The van der Waals surface area contributed by atoms with E-state index in [0.29, 0.717) is 24.6 Å². The van der Waals surface area contributed by atoms with Crippen molar-refractivity contribution >= 4 is 71.0 Å². The first-order valence-electron chi connectivity index (χ1n) is 24.7. The van der Waals surface area contributed by atoms with E-state index in [-0.39, 0.29) is 5.41 Å². The van der Waals surface area contributed by atoms with E-state index < -0.39 is 34.0 Å². The lowest BCUT2D eigenvalue weighted by atomic mass is 9.87. The summed E-state index contributed by atoms with van der Waals surface area (Å²) in [5.74, 6) is 0. The monoisotopic (exact) mass is 1000 g/mol. The van der Waals surface area contributed by atoms with Crippen LogP contribution in [-0.4, -0.2) is 24.6 Å². The van der Waals surface area contributed by atoms with E-state index in [1.54, 1.807) is 0 Å². The molecule has 8 heteroatoms.